The van der Waals surface area contributed by atoms with Gasteiger partial charge in [-0.3, -0.25) is 4.99 Å². The van der Waals surface area contributed by atoms with Crippen molar-refractivity contribution in [1.82, 2.24) is 20.5 Å². The van der Waals surface area contributed by atoms with Gasteiger partial charge in [0.15, 0.2) is 5.96 Å². The summed E-state index contributed by atoms with van der Waals surface area (Å²) in [6, 6.07) is 4.65. The van der Waals surface area contributed by atoms with E-state index in [1.807, 2.05) is 6.20 Å². The van der Waals surface area contributed by atoms with Gasteiger partial charge < -0.3 is 20.4 Å². The third-order valence-electron chi connectivity index (χ3n) is 4.68. The minimum absolute atomic E-state index is 0.383. The molecule has 0 spiro atoms. The molecule has 1 aliphatic heterocycles. The van der Waals surface area contributed by atoms with Gasteiger partial charge in [-0.05, 0) is 31.5 Å². The molecule has 0 saturated carbocycles. The minimum Gasteiger partial charge on any atom is -0.354 e. The number of rotatable bonds is 5. The van der Waals surface area contributed by atoms with Crippen LogP contribution >= 0.6 is 0 Å². The molecule has 1 fully saturated rings. The Labute approximate surface area is 146 Å². The van der Waals surface area contributed by atoms with Crippen molar-refractivity contribution in [1.29, 1.82) is 0 Å². The molecular weight excluding hydrogens is 300 g/mol. The zero-order valence-corrected chi connectivity index (χ0v) is 15.7. The Morgan fingerprint density at radius 1 is 1.21 bits per heavy atom. The van der Waals surface area contributed by atoms with Crippen molar-refractivity contribution in [3.05, 3.63) is 23.9 Å². The Kier molecular flexibility index (Phi) is 6.85. The van der Waals surface area contributed by atoms with Crippen molar-refractivity contribution in [3.8, 4) is 0 Å². The minimum atomic E-state index is 0.383. The molecule has 0 aromatic carbocycles. The Hall–Kier alpha value is -1.82. The van der Waals surface area contributed by atoms with Crippen LogP contribution in [0.5, 0.6) is 0 Å². The summed E-state index contributed by atoms with van der Waals surface area (Å²) < 4.78 is 0. The lowest BCUT2D eigenvalue weighted by atomic mass is 10.1. The highest BCUT2D eigenvalue weighted by molar-refractivity contribution is 5.79. The molecule has 1 atom stereocenters. The Balaban J connectivity index is 1.85. The highest BCUT2D eigenvalue weighted by atomic mass is 15.3. The van der Waals surface area contributed by atoms with Crippen LogP contribution in [0.15, 0.2) is 23.3 Å². The molecular formula is C18H32N6. The Bertz CT molecular complexity index is 517. The number of pyridine rings is 1. The maximum Gasteiger partial charge on any atom is 0.191 e. The summed E-state index contributed by atoms with van der Waals surface area (Å²) in [7, 11) is 3.97. The van der Waals surface area contributed by atoms with Gasteiger partial charge in [0, 0.05) is 52.0 Å². The Morgan fingerprint density at radius 3 is 2.46 bits per heavy atom. The van der Waals surface area contributed by atoms with Crippen LogP contribution in [0.3, 0.4) is 0 Å². The van der Waals surface area contributed by atoms with E-state index in [1.54, 1.807) is 7.05 Å². The fourth-order valence-electron chi connectivity index (χ4n) is 2.51. The van der Waals surface area contributed by atoms with Gasteiger partial charge in [0.25, 0.3) is 0 Å². The normalized spacial score (nSPS) is 17.9. The molecule has 6 nitrogen and oxygen atoms in total. The molecule has 0 aliphatic carbocycles. The van der Waals surface area contributed by atoms with Crippen LogP contribution < -0.4 is 15.5 Å². The summed E-state index contributed by atoms with van der Waals surface area (Å²) in [5.74, 6) is 2.47. The van der Waals surface area contributed by atoms with E-state index in [9.17, 15) is 0 Å². The number of aromatic nitrogens is 1. The van der Waals surface area contributed by atoms with E-state index < -0.39 is 0 Å². The fourth-order valence-corrected chi connectivity index (χ4v) is 2.51. The number of hydrogen-bond acceptors (Lipinski definition) is 4. The third-order valence-corrected chi connectivity index (χ3v) is 4.68. The maximum atomic E-state index is 4.63. The monoisotopic (exact) mass is 332 g/mol. The van der Waals surface area contributed by atoms with E-state index in [1.165, 1.54) is 0 Å². The molecule has 6 heteroatoms. The van der Waals surface area contributed by atoms with Crippen LogP contribution in [0, 0.1) is 5.92 Å². The second-order valence-corrected chi connectivity index (χ2v) is 6.92. The highest BCUT2D eigenvalue weighted by Crippen LogP contribution is 2.13. The van der Waals surface area contributed by atoms with Gasteiger partial charge in [0.05, 0.1) is 0 Å². The third kappa shape index (κ3) is 5.37. The molecule has 2 rings (SSSR count). The molecule has 134 valence electrons. The second-order valence-electron chi connectivity index (χ2n) is 6.92. The highest BCUT2D eigenvalue weighted by Gasteiger charge is 2.15. The van der Waals surface area contributed by atoms with Crippen LogP contribution in [-0.2, 0) is 6.54 Å². The SMILES string of the molecule is CN=C(NCc1ccc(N2CCN(C)CC2)nc1)NC(C)C(C)C. The van der Waals surface area contributed by atoms with E-state index >= 15 is 0 Å². The van der Waals surface area contributed by atoms with E-state index in [4.69, 9.17) is 0 Å². The van der Waals surface area contributed by atoms with Crippen molar-refractivity contribution in [2.45, 2.75) is 33.4 Å². The molecule has 1 aromatic rings. The van der Waals surface area contributed by atoms with Gasteiger partial charge in [-0.25, -0.2) is 4.98 Å². The van der Waals surface area contributed by atoms with Gasteiger partial charge in [-0.2, -0.15) is 0 Å². The standard InChI is InChI=1S/C18H32N6/c1-14(2)15(3)22-18(19-4)21-13-16-6-7-17(20-12-16)24-10-8-23(5)9-11-24/h6-7,12,14-15H,8-11,13H2,1-5H3,(H2,19,21,22). The first-order valence-corrected chi connectivity index (χ1v) is 8.85. The fraction of sp³-hybridized carbons (Fsp3) is 0.667. The summed E-state index contributed by atoms with van der Waals surface area (Å²) >= 11 is 0. The number of anilines is 1. The number of nitrogens with one attached hydrogen (secondary N) is 2. The zero-order valence-electron chi connectivity index (χ0n) is 15.7. The maximum absolute atomic E-state index is 4.63. The van der Waals surface area contributed by atoms with Gasteiger partial charge in [0.2, 0.25) is 0 Å². The predicted molar refractivity (Wildman–Crippen MR) is 102 cm³/mol. The molecule has 0 radical (unpaired) electrons. The molecule has 0 bridgehead atoms. The van der Waals surface area contributed by atoms with Crippen LogP contribution in [0.4, 0.5) is 5.82 Å². The Morgan fingerprint density at radius 2 is 1.92 bits per heavy atom. The molecule has 2 N–H and O–H groups in total. The lowest BCUT2D eigenvalue weighted by Crippen LogP contribution is -2.45. The van der Waals surface area contributed by atoms with Crippen molar-refractivity contribution < 1.29 is 0 Å². The van der Waals surface area contributed by atoms with E-state index in [2.05, 4.69) is 70.4 Å². The number of hydrogen-bond donors (Lipinski definition) is 2. The van der Waals surface area contributed by atoms with Crippen molar-refractivity contribution >= 4 is 11.8 Å². The van der Waals surface area contributed by atoms with Gasteiger partial charge in [-0.1, -0.05) is 19.9 Å². The molecule has 1 saturated heterocycles. The summed E-state index contributed by atoms with van der Waals surface area (Å²) in [5.41, 5.74) is 1.16. The van der Waals surface area contributed by atoms with Crippen LogP contribution in [-0.4, -0.2) is 62.2 Å². The summed E-state index contributed by atoms with van der Waals surface area (Å²) in [4.78, 5) is 13.6. The van der Waals surface area contributed by atoms with Crippen LogP contribution in [0.2, 0.25) is 0 Å². The molecule has 2 heterocycles. The average Bonchev–Trinajstić information content (AvgIpc) is 2.59. The quantitative estimate of drug-likeness (QED) is 0.633. The van der Waals surface area contributed by atoms with Gasteiger partial charge in [-0.15, -0.1) is 0 Å². The van der Waals surface area contributed by atoms with Crippen LogP contribution in [0.1, 0.15) is 26.3 Å². The molecule has 24 heavy (non-hydrogen) atoms. The molecule has 0 amide bonds. The lowest BCUT2D eigenvalue weighted by Gasteiger charge is -2.33. The number of nitrogens with zero attached hydrogens (tertiary/aromatic N) is 4. The average molecular weight is 332 g/mol. The van der Waals surface area contributed by atoms with Crippen molar-refractivity contribution in [2.75, 3.05) is 45.2 Å². The topological polar surface area (TPSA) is 55.8 Å². The summed E-state index contributed by atoms with van der Waals surface area (Å²) in [6.07, 6.45) is 1.96. The second kappa shape index (κ2) is 8.87. The number of guanidine groups is 1. The van der Waals surface area contributed by atoms with Crippen LogP contribution in [0.25, 0.3) is 0 Å². The van der Waals surface area contributed by atoms with E-state index in [-0.39, 0.29) is 0 Å². The molecule has 1 aliphatic rings. The van der Waals surface area contributed by atoms with Gasteiger partial charge >= 0.3 is 0 Å². The predicted octanol–water partition coefficient (Wildman–Crippen LogP) is 1.54. The lowest BCUT2D eigenvalue weighted by molar-refractivity contribution is 0.312. The number of likely N-dealkylation sites (N-methyl/N-ethyl adjacent to an activating group) is 1. The molecule has 1 aromatic heterocycles. The van der Waals surface area contributed by atoms with E-state index in [0.29, 0.717) is 12.0 Å². The largest absolute Gasteiger partial charge is 0.354 e. The first-order valence-electron chi connectivity index (χ1n) is 8.85. The first-order chi connectivity index (χ1) is 11.5. The van der Waals surface area contributed by atoms with Crippen molar-refractivity contribution in [2.24, 2.45) is 10.9 Å². The van der Waals surface area contributed by atoms with Gasteiger partial charge in [0.1, 0.15) is 5.82 Å². The smallest absolute Gasteiger partial charge is 0.191 e. The number of piperazine rings is 1. The van der Waals surface area contributed by atoms with E-state index in [0.717, 1.165) is 50.1 Å². The zero-order chi connectivity index (χ0) is 17.5. The summed E-state index contributed by atoms with van der Waals surface area (Å²) in [6.45, 7) is 11.6. The summed E-state index contributed by atoms with van der Waals surface area (Å²) in [5, 5.41) is 6.76. The van der Waals surface area contributed by atoms with Crippen molar-refractivity contribution in [3.63, 3.8) is 0 Å². The number of aliphatic imine (C=N–C) groups is 1. The first kappa shape index (κ1) is 18.5. The molecule has 1 unspecified atom stereocenters.